The topological polar surface area (TPSA) is 58.1 Å². The molecular weight excluding hydrogens is 284 g/mol. The molecular formula is C12H17ClN4OS. The van der Waals surface area contributed by atoms with Crippen LogP contribution in [0, 0.1) is 5.41 Å². The first-order valence-electron chi connectivity index (χ1n) is 6.04. The second-order valence-corrected chi connectivity index (χ2v) is 6.01. The number of thioether (sulfide) groups is 1. The van der Waals surface area contributed by atoms with Gasteiger partial charge in [0.25, 0.3) is 0 Å². The zero-order valence-electron chi connectivity index (χ0n) is 11.2. The van der Waals surface area contributed by atoms with E-state index in [0.29, 0.717) is 16.9 Å². The second-order valence-electron chi connectivity index (χ2n) is 4.85. The minimum absolute atomic E-state index is 0.0697. The normalized spacial score (nSPS) is 22.6. The van der Waals surface area contributed by atoms with E-state index < -0.39 is 0 Å². The summed E-state index contributed by atoms with van der Waals surface area (Å²) in [6.45, 7) is 3.42. The van der Waals surface area contributed by atoms with E-state index in [-0.39, 0.29) is 11.3 Å². The highest BCUT2D eigenvalue weighted by Gasteiger charge is 2.40. The molecule has 0 radical (unpaired) electrons. The van der Waals surface area contributed by atoms with Gasteiger partial charge < -0.3 is 10.2 Å². The molecule has 1 aromatic heterocycles. The lowest BCUT2D eigenvalue weighted by molar-refractivity contribution is -0.128. The number of nitrogens with one attached hydrogen (secondary N) is 1. The molecule has 2 rings (SSSR count). The number of carbonyl (C=O) groups is 1. The van der Waals surface area contributed by atoms with E-state index in [1.807, 2.05) is 13.2 Å². The van der Waals surface area contributed by atoms with Gasteiger partial charge in [0.05, 0.1) is 5.41 Å². The fourth-order valence-corrected chi connectivity index (χ4v) is 2.88. The molecule has 0 aliphatic carbocycles. The van der Waals surface area contributed by atoms with Gasteiger partial charge in [-0.3, -0.25) is 4.79 Å². The summed E-state index contributed by atoms with van der Waals surface area (Å²) in [7, 11) is 1.67. The van der Waals surface area contributed by atoms with Crippen molar-refractivity contribution in [3.8, 4) is 0 Å². The fourth-order valence-electron chi connectivity index (χ4n) is 2.28. The third-order valence-electron chi connectivity index (χ3n) is 3.42. The minimum Gasteiger partial charge on any atom is -0.359 e. The summed E-state index contributed by atoms with van der Waals surface area (Å²) < 4.78 is 0. The van der Waals surface area contributed by atoms with Gasteiger partial charge in [-0.25, -0.2) is 9.97 Å². The summed E-state index contributed by atoms with van der Waals surface area (Å²) in [6, 6.07) is 1.75. The molecule has 1 fully saturated rings. The molecule has 1 amide bonds. The van der Waals surface area contributed by atoms with Gasteiger partial charge in [-0.15, -0.1) is 0 Å². The smallest absolute Gasteiger partial charge is 0.227 e. The molecule has 1 aliphatic heterocycles. The lowest BCUT2D eigenvalue weighted by Crippen LogP contribution is -2.39. The van der Waals surface area contributed by atoms with Crippen LogP contribution in [0.15, 0.2) is 11.2 Å². The Morgan fingerprint density at radius 1 is 1.58 bits per heavy atom. The van der Waals surface area contributed by atoms with Crippen molar-refractivity contribution in [3.05, 3.63) is 11.2 Å². The van der Waals surface area contributed by atoms with Crippen LogP contribution in [-0.2, 0) is 4.79 Å². The maximum atomic E-state index is 11.9. The summed E-state index contributed by atoms with van der Waals surface area (Å²) in [6.07, 6.45) is 2.72. The van der Waals surface area contributed by atoms with Crippen molar-refractivity contribution in [1.29, 1.82) is 0 Å². The van der Waals surface area contributed by atoms with Gasteiger partial charge >= 0.3 is 0 Å². The van der Waals surface area contributed by atoms with Crippen LogP contribution < -0.4 is 10.2 Å². The number of hydrogen-bond acceptors (Lipinski definition) is 5. The lowest BCUT2D eigenvalue weighted by Gasteiger charge is -2.23. The summed E-state index contributed by atoms with van der Waals surface area (Å²) in [5.74, 6) is 0.859. The molecule has 0 saturated carbocycles. The van der Waals surface area contributed by atoms with E-state index in [1.54, 1.807) is 13.1 Å². The third-order valence-corrected chi connectivity index (χ3v) is 4.16. The number of rotatable bonds is 3. The van der Waals surface area contributed by atoms with Gasteiger partial charge in [0.2, 0.25) is 5.91 Å². The maximum absolute atomic E-state index is 11.9. The first-order chi connectivity index (χ1) is 8.98. The average molecular weight is 301 g/mol. The summed E-state index contributed by atoms with van der Waals surface area (Å²) in [5.41, 5.74) is -0.369. The Kier molecular flexibility index (Phi) is 4.20. The first kappa shape index (κ1) is 14.4. The fraction of sp³-hybridized carbons (Fsp3) is 0.583. The van der Waals surface area contributed by atoms with Crippen LogP contribution in [-0.4, -0.2) is 42.3 Å². The number of anilines is 1. The van der Waals surface area contributed by atoms with E-state index in [1.165, 1.54) is 11.8 Å². The Morgan fingerprint density at radius 3 is 2.95 bits per heavy atom. The molecule has 1 atom stereocenters. The van der Waals surface area contributed by atoms with Crippen molar-refractivity contribution in [2.75, 3.05) is 31.3 Å². The zero-order chi connectivity index (χ0) is 14.0. The Balaban J connectivity index is 2.21. The number of aromatic nitrogens is 2. The molecule has 5 nitrogen and oxygen atoms in total. The van der Waals surface area contributed by atoms with E-state index >= 15 is 0 Å². The van der Waals surface area contributed by atoms with Crippen LogP contribution in [0.1, 0.15) is 13.3 Å². The molecule has 7 heteroatoms. The Labute approximate surface area is 122 Å². The first-order valence-corrected chi connectivity index (χ1v) is 7.64. The molecule has 1 unspecified atom stereocenters. The molecule has 19 heavy (non-hydrogen) atoms. The Bertz CT molecular complexity index is 499. The van der Waals surface area contributed by atoms with Crippen molar-refractivity contribution in [3.63, 3.8) is 0 Å². The van der Waals surface area contributed by atoms with E-state index in [0.717, 1.165) is 18.8 Å². The second kappa shape index (κ2) is 5.54. The van der Waals surface area contributed by atoms with Crippen molar-refractivity contribution < 1.29 is 4.79 Å². The largest absolute Gasteiger partial charge is 0.359 e. The van der Waals surface area contributed by atoms with E-state index in [4.69, 9.17) is 11.6 Å². The highest BCUT2D eigenvalue weighted by atomic mass is 35.5. The van der Waals surface area contributed by atoms with Crippen LogP contribution in [0.3, 0.4) is 0 Å². The van der Waals surface area contributed by atoms with Crippen LogP contribution >= 0.6 is 23.4 Å². The monoisotopic (exact) mass is 300 g/mol. The molecule has 0 aromatic carbocycles. The SMILES string of the molecule is CNC(=O)C1(C)CCN(c2cc(Cl)nc(SC)n2)C1. The van der Waals surface area contributed by atoms with Gasteiger partial charge in [-0.05, 0) is 19.6 Å². The zero-order valence-corrected chi connectivity index (χ0v) is 12.8. The Hall–Kier alpha value is -1.01. The number of amides is 1. The molecule has 1 saturated heterocycles. The van der Waals surface area contributed by atoms with Gasteiger partial charge in [0.15, 0.2) is 5.16 Å². The standard InChI is InChI=1S/C12H17ClN4OS/c1-12(10(18)14-2)4-5-17(7-12)9-6-8(13)15-11(16-9)19-3/h6H,4-5,7H2,1-3H3,(H,14,18). The summed E-state index contributed by atoms with van der Waals surface area (Å²) in [5, 5.41) is 3.81. The Morgan fingerprint density at radius 2 is 2.32 bits per heavy atom. The van der Waals surface area contributed by atoms with Crippen molar-refractivity contribution in [2.45, 2.75) is 18.5 Å². The summed E-state index contributed by atoms with van der Waals surface area (Å²) in [4.78, 5) is 22.6. The van der Waals surface area contributed by atoms with Crippen LogP contribution in [0.4, 0.5) is 5.82 Å². The van der Waals surface area contributed by atoms with Gasteiger partial charge in [-0.2, -0.15) is 0 Å². The average Bonchev–Trinajstić information content (AvgIpc) is 2.81. The molecule has 1 aliphatic rings. The lowest BCUT2D eigenvalue weighted by atomic mass is 9.89. The molecule has 0 spiro atoms. The molecule has 1 N–H and O–H groups in total. The molecule has 104 valence electrons. The third kappa shape index (κ3) is 2.95. The predicted molar refractivity (Wildman–Crippen MR) is 77.8 cm³/mol. The van der Waals surface area contributed by atoms with E-state index in [9.17, 15) is 4.79 Å². The van der Waals surface area contributed by atoms with Gasteiger partial charge in [0, 0.05) is 26.2 Å². The van der Waals surface area contributed by atoms with Crippen molar-refractivity contribution in [2.24, 2.45) is 5.41 Å². The van der Waals surface area contributed by atoms with Gasteiger partial charge in [0.1, 0.15) is 11.0 Å². The van der Waals surface area contributed by atoms with Crippen LogP contribution in [0.25, 0.3) is 0 Å². The van der Waals surface area contributed by atoms with Gasteiger partial charge in [-0.1, -0.05) is 23.4 Å². The number of hydrogen-bond donors (Lipinski definition) is 1. The minimum atomic E-state index is -0.369. The molecule has 2 heterocycles. The van der Waals surface area contributed by atoms with Crippen LogP contribution in [0.5, 0.6) is 0 Å². The number of carbonyl (C=O) groups excluding carboxylic acids is 1. The molecule has 0 bridgehead atoms. The number of halogens is 1. The highest BCUT2D eigenvalue weighted by Crippen LogP contribution is 2.33. The summed E-state index contributed by atoms with van der Waals surface area (Å²) >= 11 is 7.45. The predicted octanol–water partition coefficient (Wildman–Crippen LogP) is 1.81. The highest BCUT2D eigenvalue weighted by molar-refractivity contribution is 7.98. The van der Waals surface area contributed by atoms with E-state index in [2.05, 4.69) is 20.2 Å². The quantitative estimate of drug-likeness (QED) is 0.524. The van der Waals surface area contributed by atoms with Crippen LogP contribution in [0.2, 0.25) is 5.15 Å². The van der Waals surface area contributed by atoms with Crippen molar-refractivity contribution in [1.82, 2.24) is 15.3 Å². The van der Waals surface area contributed by atoms with Crippen molar-refractivity contribution >= 4 is 35.1 Å². The molecule has 1 aromatic rings. The number of nitrogens with zero attached hydrogens (tertiary/aromatic N) is 3. The maximum Gasteiger partial charge on any atom is 0.227 e.